The second kappa shape index (κ2) is 6.89. The van der Waals surface area contributed by atoms with Gasteiger partial charge in [-0.3, -0.25) is 4.79 Å². The molecule has 2 heterocycles. The van der Waals surface area contributed by atoms with Crippen molar-refractivity contribution in [2.45, 2.75) is 32.2 Å². The number of nitrogens with zero attached hydrogens (tertiary/aromatic N) is 3. The zero-order valence-corrected chi connectivity index (χ0v) is 16.4. The smallest absolute Gasteiger partial charge is 0.227 e. The lowest BCUT2D eigenvalue weighted by Gasteiger charge is -2.20. The van der Waals surface area contributed by atoms with Crippen molar-refractivity contribution in [3.8, 4) is 5.75 Å². The van der Waals surface area contributed by atoms with Gasteiger partial charge in [0.05, 0.1) is 28.9 Å². The average Bonchev–Trinajstić information content (AvgIpc) is 3.22. The Morgan fingerprint density at radius 2 is 2.00 bits per heavy atom. The predicted molar refractivity (Wildman–Crippen MR) is 108 cm³/mol. The molecule has 1 fully saturated rings. The van der Waals surface area contributed by atoms with Crippen LogP contribution in [0.15, 0.2) is 42.5 Å². The van der Waals surface area contributed by atoms with Gasteiger partial charge in [-0.2, -0.15) is 0 Å². The molecule has 1 aromatic heterocycles. The summed E-state index contributed by atoms with van der Waals surface area (Å²) in [7, 11) is 1.60. The first-order chi connectivity index (χ1) is 13.0. The molecule has 1 aliphatic rings. The van der Waals surface area contributed by atoms with E-state index in [2.05, 4.69) is 24.5 Å². The summed E-state index contributed by atoms with van der Waals surface area (Å²) in [6, 6.07) is 13.7. The molecular formula is C21H22ClN3O2. The van der Waals surface area contributed by atoms with E-state index in [4.69, 9.17) is 21.3 Å². The summed E-state index contributed by atoms with van der Waals surface area (Å²) in [5, 5.41) is 0.544. The molecule has 1 aliphatic heterocycles. The van der Waals surface area contributed by atoms with Crippen LogP contribution in [0, 0.1) is 0 Å². The molecule has 0 unspecified atom stereocenters. The molecule has 2 aromatic carbocycles. The minimum absolute atomic E-state index is 0.0227. The largest absolute Gasteiger partial charge is 0.497 e. The highest BCUT2D eigenvalue weighted by Crippen LogP contribution is 2.38. The minimum atomic E-state index is 0.0227. The van der Waals surface area contributed by atoms with Crippen LogP contribution in [0.5, 0.6) is 5.75 Å². The number of hydrogen-bond acceptors (Lipinski definition) is 3. The van der Waals surface area contributed by atoms with Crippen LogP contribution in [0.1, 0.15) is 38.1 Å². The number of benzene rings is 2. The molecule has 4 rings (SSSR count). The van der Waals surface area contributed by atoms with Crippen molar-refractivity contribution in [1.82, 2.24) is 9.55 Å². The Balaban J connectivity index is 1.73. The van der Waals surface area contributed by atoms with E-state index in [1.807, 2.05) is 24.3 Å². The Morgan fingerprint density at radius 1 is 1.22 bits per heavy atom. The van der Waals surface area contributed by atoms with E-state index in [0.717, 1.165) is 16.9 Å². The highest BCUT2D eigenvalue weighted by atomic mass is 35.5. The van der Waals surface area contributed by atoms with Crippen molar-refractivity contribution in [3.63, 3.8) is 0 Å². The van der Waals surface area contributed by atoms with E-state index in [0.29, 0.717) is 29.4 Å². The number of ether oxygens (including phenoxy) is 1. The first kappa shape index (κ1) is 17.9. The minimum Gasteiger partial charge on any atom is -0.497 e. The van der Waals surface area contributed by atoms with Crippen LogP contribution in [0.4, 0.5) is 5.69 Å². The van der Waals surface area contributed by atoms with E-state index in [1.165, 1.54) is 0 Å². The fourth-order valence-corrected chi connectivity index (χ4v) is 4.05. The normalized spacial score (nSPS) is 17.3. The summed E-state index contributed by atoms with van der Waals surface area (Å²) in [4.78, 5) is 19.4. The first-order valence-corrected chi connectivity index (χ1v) is 9.48. The van der Waals surface area contributed by atoms with Gasteiger partial charge in [-0.05, 0) is 38.1 Å². The number of imidazole rings is 1. The molecule has 0 spiro atoms. The van der Waals surface area contributed by atoms with Crippen LogP contribution in [0.3, 0.4) is 0 Å². The molecule has 5 nitrogen and oxygen atoms in total. The van der Waals surface area contributed by atoms with Crippen molar-refractivity contribution in [2.75, 3.05) is 18.6 Å². The van der Waals surface area contributed by atoms with Gasteiger partial charge in [-0.25, -0.2) is 4.98 Å². The van der Waals surface area contributed by atoms with Crippen LogP contribution in [0.2, 0.25) is 5.02 Å². The van der Waals surface area contributed by atoms with Gasteiger partial charge in [0.1, 0.15) is 11.6 Å². The summed E-state index contributed by atoms with van der Waals surface area (Å²) in [6.07, 6.45) is 0.420. The zero-order chi connectivity index (χ0) is 19.1. The fraction of sp³-hybridized carbons (Fsp3) is 0.333. The highest BCUT2D eigenvalue weighted by molar-refractivity contribution is 6.34. The van der Waals surface area contributed by atoms with Crippen LogP contribution in [-0.4, -0.2) is 29.1 Å². The van der Waals surface area contributed by atoms with E-state index < -0.39 is 0 Å². The number of rotatable bonds is 4. The molecule has 6 heteroatoms. The van der Waals surface area contributed by atoms with E-state index in [9.17, 15) is 4.79 Å². The Kier molecular flexibility index (Phi) is 4.56. The van der Waals surface area contributed by atoms with Crippen molar-refractivity contribution >= 4 is 34.2 Å². The highest BCUT2D eigenvalue weighted by Gasteiger charge is 2.36. The van der Waals surface area contributed by atoms with Gasteiger partial charge in [0.2, 0.25) is 5.91 Å². The number of carbonyl (C=O) groups excluding carboxylic acids is 1. The third-order valence-electron chi connectivity index (χ3n) is 5.07. The van der Waals surface area contributed by atoms with Crippen molar-refractivity contribution < 1.29 is 9.53 Å². The SMILES string of the molecule is COc1ccc(Cl)c(N2C[C@H](c3nc4ccccc4n3C(C)C)CC2=O)c1. The number of halogens is 1. The fourth-order valence-electron chi connectivity index (χ4n) is 3.83. The predicted octanol–water partition coefficient (Wildman–Crippen LogP) is 4.80. The van der Waals surface area contributed by atoms with Gasteiger partial charge in [-0.15, -0.1) is 0 Å². The van der Waals surface area contributed by atoms with Crippen molar-refractivity contribution in [3.05, 3.63) is 53.3 Å². The van der Waals surface area contributed by atoms with Crippen molar-refractivity contribution in [1.29, 1.82) is 0 Å². The van der Waals surface area contributed by atoms with Gasteiger partial charge in [0.25, 0.3) is 0 Å². The Bertz CT molecular complexity index is 1010. The monoisotopic (exact) mass is 383 g/mol. The standard InChI is InChI=1S/C21H22ClN3O2/c1-13(2)25-18-7-5-4-6-17(18)23-21(25)14-10-20(26)24(12-14)19-11-15(27-3)8-9-16(19)22/h4-9,11,13-14H,10,12H2,1-3H3/t14-/m1/s1. The molecule has 0 N–H and O–H groups in total. The molecule has 27 heavy (non-hydrogen) atoms. The number of aromatic nitrogens is 2. The van der Waals surface area contributed by atoms with Gasteiger partial charge >= 0.3 is 0 Å². The molecule has 1 atom stereocenters. The summed E-state index contributed by atoms with van der Waals surface area (Å²) in [5.41, 5.74) is 2.76. The lowest BCUT2D eigenvalue weighted by molar-refractivity contribution is -0.117. The lowest BCUT2D eigenvalue weighted by atomic mass is 10.1. The third kappa shape index (κ3) is 3.06. The summed E-state index contributed by atoms with van der Waals surface area (Å²) in [6.45, 7) is 4.85. The number of fused-ring (bicyclic) bond motifs is 1. The molecule has 3 aromatic rings. The Morgan fingerprint density at radius 3 is 2.74 bits per heavy atom. The molecule has 1 saturated heterocycles. The van der Waals surface area contributed by atoms with Crippen LogP contribution in [-0.2, 0) is 4.79 Å². The van der Waals surface area contributed by atoms with Crippen molar-refractivity contribution in [2.24, 2.45) is 0 Å². The van der Waals surface area contributed by atoms with Crippen LogP contribution in [0.25, 0.3) is 11.0 Å². The molecule has 1 amide bonds. The quantitative estimate of drug-likeness (QED) is 0.650. The van der Waals surface area contributed by atoms with E-state index >= 15 is 0 Å². The summed E-state index contributed by atoms with van der Waals surface area (Å²) in [5.74, 6) is 1.72. The number of amides is 1. The number of hydrogen-bond donors (Lipinski definition) is 0. The molecule has 140 valence electrons. The maximum atomic E-state index is 12.8. The second-order valence-electron chi connectivity index (χ2n) is 7.15. The lowest BCUT2D eigenvalue weighted by Crippen LogP contribution is -2.25. The molecular weight excluding hydrogens is 362 g/mol. The van der Waals surface area contributed by atoms with Gasteiger partial charge in [0, 0.05) is 31.0 Å². The number of methoxy groups -OCH3 is 1. The zero-order valence-electron chi connectivity index (χ0n) is 15.6. The Hall–Kier alpha value is -2.53. The van der Waals surface area contributed by atoms with E-state index in [1.54, 1.807) is 24.1 Å². The average molecular weight is 384 g/mol. The first-order valence-electron chi connectivity index (χ1n) is 9.10. The van der Waals surface area contributed by atoms with Gasteiger partial charge < -0.3 is 14.2 Å². The molecule has 0 bridgehead atoms. The third-order valence-corrected chi connectivity index (χ3v) is 5.39. The molecule has 0 saturated carbocycles. The molecule has 0 aliphatic carbocycles. The van der Waals surface area contributed by atoms with E-state index in [-0.39, 0.29) is 17.9 Å². The maximum Gasteiger partial charge on any atom is 0.227 e. The van der Waals surface area contributed by atoms with Crippen LogP contribution < -0.4 is 9.64 Å². The molecule has 0 radical (unpaired) electrons. The van der Waals surface area contributed by atoms with Crippen LogP contribution >= 0.6 is 11.6 Å². The summed E-state index contributed by atoms with van der Waals surface area (Å²) >= 11 is 6.37. The maximum absolute atomic E-state index is 12.8. The number of carbonyl (C=O) groups is 1. The second-order valence-corrected chi connectivity index (χ2v) is 7.55. The number of anilines is 1. The topological polar surface area (TPSA) is 47.4 Å². The number of para-hydroxylation sites is 2. The summed E-state index contributed by atoms with van der Waals surface area (Å²) < 4.78 is 7.53. The van der Waals surface area contributed by atoms with Gasteiger partial charge in [0.15, 0.2) is 0 Å². The Labute approximate surface area is 163 Å². The van der Waals surface area contributed by atoms with Gasteiger partial charge in [-0.1, -0.05) is 23.7 Å².